The maximum Gasteiger partial charge on any atom is 0.186 e. The number of hydrogen-bond acceptors (Lipinski definition) is 3. The van der Waals surface area contributed by atoms with Gasteiger partial charge in [-0.25, -0.2) is 14.4 Å². The maximum atomic E-state index is 13.7. The van der Waals surface area contributed by atoms with Crippen LogP contribution in [-0.4, -0.2) is 10.2 Å². The molecule has 0 aliphatic carbocycles. The number of rotatable bonds is 2. The molecule has 8 heteroatoms. The molecule has 0 unspecified atom stereocenters. The van der Waals surface area contributed by atoms with Gasteiger partial charge in [0, 0.05) is 11.8 Å². The summed E-state index contributed by atoms with van der Waals surface area (Å²) in [6, 6.07) is 5.98. The molecule has 0 N–H and O–H groups in total. The first kappa shape index (κ1) is 16.0. The first-order valence-electron chi connectivity index (χ1n) is 5.37. The summed E-state index contributed by atoms with van der Waals surface area (Å²) in [5.74, 6) is -0.807. The minimum Gasteiger partial charge on any atom is -0.241 e. The van der Waals surface area contributed by atoms with Crippen molar-refractivity contribution in [2.45, 2.75) is 0 Å². The van der Waals surface area contributed by atoms with Crippen molar-refractivity contribution >= 4 is 57.3 Å². The summed E-state index contributed by atoms with van der Waals surface area (Å²) in [4.78, 5) is 7.46. The minimum atomic E-state index is -0.807. The quantitative estimate of drug-likeness (QED) is 0.532. The second-order valence-corrected chi connectivity index (χ2v) is 5.29. The third kappa shape index (κ3) is 3.45. The Kier molecular flexibility index (Phi) is 5.02. The average molecular weight is 363 g/mol. The Hall–Kier alpha value is -1.38. The van der Waals surface area contributed by atoms with E-state index in [4.69, 9.17) is 51.7 Å². The number of nitrogens with zero attached hydrogens (tertiary/aromatic N) is 3. The molecule has 0 aliphatic rings. The Balaban J connectivity index is 2.55. The van der Waals surface area contributed by atoms with Gasteiger partial charge in [-0.2, -0.15) is 5.26 Å². The van der Waals surface area contributed by atoms with E-state index in [1.54, 1.807) is 0 Å². The third-order valence-electron chi connectivity index (χ3n) is 2.42. The van der Waals surface area contributed by atoms with Crippen LogP contribution in [0, 0.1) is 17.1 Å². The Labute approximate surface area is 139 Å². The van der Waals surface area contributed by atoms with E-state index in [0.29, 0.717) is 0 Å². The van der Waals surface area contributed by atoms with Crippen LogP contribution in [0.25, 0.3) is 0 Å². The predicted octanol–water partition coefficient (Wildman–Crippen LogP) is 5.37. The molecule has 0 amide bonds. The number of nitriles is 1. The molecule has 0 atom stereocenters. The molecule has 0 fully saturated rings. The van der Waals surface area contributed by atoms with Crippen molar-refractivity contribution in [1.29, 1.82) is 5.26 Å². The Bertz CT molecular complexity index is 760. The van der Waals surface area contributed by atoms with E-state index >= 15 is 0 Å². The maximum absolute atomic E-state index is 13.7. The van der Waals surface area contributed by atoms with E-state index in [9.17, 15) is 4.39 Å². The van der Waals surface area contributed by atoms with Gasteiger partial charge in [-0.3, -0.25) is 0 Å². The summed E-state index contributed by atoms with van der Waals surface area (Å²) in [7, 11) is 0. The zero-order chi connectivity index (χ0) is 15.6. The number of aromatic nitrogens is 1. The summed E-state index contributed by atoms with van der Waals surface area (Å²) in [6.07, 6.45) is 1.29. The van der Waals surface area contributed by atoms with Crippen molar-refractivity contribution in [3.63, 3.8) is 0 Å². The molecule has 3 nitrogen and oxygen atoms in total. The number of aliphatic imine (C=N–C) groups is 1. The van der Waals surface area contributed by atoms with Gasteiger partial charge in [0.15, 0.2) is 11.0 Å². The SMILES string of the molecule is N#Cc1cc(Cl)c(C(Cl)=Nc2ccnc(Cl)c2F)c(Cl)c1. The van der Waals surface area contributed by atoms with E-state index in [2.05, 4.69) is 9.98 Å². The van der Waals surface area contributed by atoms with Gasteiger partial charge in [0.1, 0.15) is 10.9 Å². The zero-order valence-electron chi connectivity index (χ0n) is 10.0. The normalized spacial score (nSPS) is 11.3. The molecule has 2 aromatic rings. The molecular weight excluding hydrogens is 359 g/mol. The number of halogens is 5. The molecule has 0 aliphatic heterocycles. The highest BCUT2D eigenvalue weighted by Gasteiger charge is 2.15. The molecular formula is C13H4Cl4FN3. The molecule has 106 valence electrons. The summed E-state index contributed by atoms with van der Waals surface area (Å²) in [6.45, 7) is 0. The first-order valence-corrected chi connectivity index (χ1v) is 6.89. The second kappa shape index (κ2) is 6.59. The van der Waals surface area contributed by atoms with E-state index in [0.717, 1.165) is 0 Å². The van der Waals surface area contributed by atoms with Crippen LogP contribution in [0.4, 0.5) is 10.1 Å². The zero-order valence-corrected chi connectivity index (χ0v) is 13.1. The fourth-order valence-electron chi connectivity index (χ4n) is 1.49. The molecule has 1 heterocycles. The molecule has 1 aromatic carbocycles. The summed E-state index contributed by atoms with van der Waals surface area (Å²) >= 11 is 23.6. The molecule has 0 saturated heterocycles. The summed E-state index contributed by atoms with van der Waals surface area (Å²) in [5, 5.41) is 8.63. The molecule has 0 saturated carbocycles. The molecule has 0 radical (unpaired) electrons. The largest absolute Gasteiger partial charge is 0.241 e. The fraction of sp³-hybridized carbons (Fsp3) is 0. The van der Waals surface area contributed by atoms with Gasteiger partial charge >= 0.3 is 0 Å². The number of hydrogen-bond donors (Lipinski definition) is 0. The summed E-state index contributed by atoms with van der Waals surface area (Å²) in [5.41, 5.74) is 0.374. The van der Waals surface area contributed by atoms with Crippen LogP contribution in [0.15, 0.2) is 29.4 Å². The minimum absolute atomic E-state index is 0.100. The highest BCUT2D eigenvalue weighted by atomic mass is 35.5. The fourth-order valence-corrected chi connectivity index (χ4v) is 2.70. The van der Waals surface area contributed by atoms with E-state index in [-0.39, 0.29) is 37.2 Å². The Morgan fingerprint density at radius 2 is 1.86 bits per heavy atom. The standard InChI is InChI=1S/C13H4Cl4FN3/c14-7-3-6(5-19)4-8(15)10(7)12(16)21-9-1-2-20-13(17)11(9)18/h1-4H. The lowest BCUT2D eigenvalue weighted by molar-refractivity contribution is 0.624. The van der Waals surface area contributed by atoms with Crippen molar-refractivity contribution in [3.8, 4) is 6.07 Å². The lowest BCUT2D eigenvalue weighted by Gasteiger charge is -2.06. The lowest BCUT2D eigenvalue weighted by Crippen LogP contribution is -1.96. The van der Waals surface area contributed by atoms with Crippen LogP contribution in [0.5, 0.6) is 0 Å². The van der Waals surface area contributed by atoms with E-state index in [1.165, 1.54) is 24.4 Å². The molecule has 0 spiro atoms. The summed E-state index contributed by atoms with van der Waals surface area (Å²) < 4.78 is 13.7. The highest BCUT2D eigenvalue weighted by molar-refractivity contribution is 6.71. The van der Waals surface area contributed by atoms with Crippen molar-refractivity contribution in [2.24, 2.45) is 4.99 Å². The van der Waals surface area contributed by atoms with E-state index in [1.807, 2.05) is 6.07 Å². The molecule has 1 aromatic heterocycles. The highest BCUT2D eigenvalue weighted by Crippen LogP contribution is 2.31. The molecule has 21 heavy (non-hydrogen) atoms. The van der Waals surface area contributed by atoms with Crippen LogP contribution in [0.1, 0.15) is 11.1 Å². The lowest BCUT2D eigenvalue weighted by atomic mass is 10.1. The van der Waals surface area contributed by atoms with Crippen LogP contribution in [0.3, 0.4) is 0 Å². The third-order valence-corrected chi connectivity index (χ3v) is 3.56. The van der Waals surface area contributed by atoms with Crippen molar-refractivity contribution in [3.05, 3.63) is 56.5 Å². The second-order valence-electron chi connectivity index (χ2n) is 3.76. The van der Waals surface area contributed by atoms with Gasteiger partial charge < -0.3 is 0 Å². The van der Waals surface area contributed by atoms with Gasteiger partial charge in [-0.15, -0.1) is 0 Å². The van der Waals surface area contributed by atoms with Crippen LogP contribution in [-0.2, 0) is 0 Å². The van der Waals surface area contributed by atoms with Crippen molar-refractivity contribution < 1.29 is 4.39 Å². The number of benzene rings is 1. The van der Waals surface area contributed by atoms with E-state index < -0.39 is 5.82 Å². The van der Waals surface area contributed by atoms with Gasteiger partial charge in [0.25, 0.3) is 0 Å². The van der Waals surface area contributed by atoms with Gasteiger partial charge in [0.2, 0.25) is 0 Å². The van der Waals surface area contributed by atoms with Gasteiger partial charge in [-0.05, 0) is 18.2 Å². The number of pyridine rings is 1. The Morgan fingerprint density at radius 1 is 1.24 bits per heavy atom. The monoisotopic (exact) mass is 361 g/mol. The smallest absolute Gasteiger partial charge is 0.186 e. The van der Waals surface area contributed by atoms with Crippen LogP contribution < -0.4 is 0 Å². The van der Waals surface area contributed by atoms with Crippen molar-refractivity contribution in [2.75, 3.05) is 0 Å². The van der Waals surface area contributed by atoms with Crippen LogP contribution in [0.2, 0.25) is 15.2 Å². The van der Waals surface area contributed by atoms with Gasteiger partial charge in [0.05, 0.1) is 21.7 Å². The van der Waals surface area contributed by atoms with Gasteiger partial charge in [-0.1, -0.05) is 46.4 Å². The first-order chi connectivity index (χ1) is 9.93. The topological polar surface area (TPSA) is 49.0 Å². The van der Waals surface area contributed by atoms with Crippen LogP contribution >= 0.6 is 46.4 Å². The predicted molar refractivity (Wildman–Crippen MR) is 82.4 cm³/mol. The van der Waals surface area contributed by atoms with Crippen molar-refractivity contribution in [1.82, 2.24) is 4.98 Å². The molecule has 2 rings (SSSR count). The molecule has 0 bridgehead atoms. The Morgan fingerprint density at radius 3 is 2.43 bits per heavy atom. The average Bonchev–Trinajstić information content (AvgIpc) is 2.43.